The van der Waals surface area contributed by atoms with Gasteiger partial charge in [-0.3, -0.25) is 9.59 Å². The molecule has 0 radical (unpaired) electrons. The molecule has 0 saturated carbocycles. The van der Waals surface area contributed by atoms with Gasteiger partial charge in [-0.25, -0.2) is 9.78 Å². The number of hydrogen-bond donors (Lipinski definition) is 1. The topological polar surface area (TPSA) is 103 Å². The first-order valence-corrected chi connectivity index (χ1v) is 10.4. The summed E-state index contributed by atoms with van der Waals surface area (Å²) in [6.45, 7) is 3.35. The molecule has 162 valence electrons. The summed E-state index contributed by atoms with van der Waals surface area (Å²) in [5, 5.41) is 2.82. The molecule has 0 bridgehead atoms. The van der Waals surface area contributed by atoms with E-state index in [-0.39, 0.29) is 18.1 Å². The molecule has 0 spiro atoms. The van der Waals surface area contributed by atoms with E-state index in [1.54, 1.807) is 49.4 Å². The predicted molar refractivity (Wildman–Crippen MR) is 121 cm³/mol. The zero-order chi connectivity index (χ0) is 22.8. The summed E-state index contributed by atoms with van der Waals surface area (Å²) in [7, 11) is 0. The van der Waals surface area contributed by atoms with Crippen LogP contribution in [-0.4, -0.2) is 21.4 Å². The summed E-state index contributed by atoms with van der Waals surface area (Å²) >= 11 is 3.36. The van der Waals surface area contributed by atoms with Gasteiger partial charge in [0.2, 0.25) is 0 Å². The lowest BCUT2D eigenvalue weighted by atomic mass is 10.1. The molecular weight excluding hydrogens is 478 g/mol. The standard InChI is InChI=1S/C23H18BrN3O5/c1-13-7-8-15(10-19(13)26-22(29)17-5-3-4-6-18(17)24)23(30)31-12-16-11-21(28)27-20(25-16)9-14(2)32-27/h3-11H,12H2,1-2H3,(H,26,29). The van der Waals surface area contributed by atoms with Crippen molar-refractivity contribution < 1.29 is 18.8 Å². The zero-order valence-electron chi connectivity index (χ0n) is 17.2. The molecule has 2 aromatic carbocycles. The second kappa shape index (κ2) is 8.80. The number of anilines is 1. The second-order valence-corrected chi connectivity index (χ2v) is 7.98. The monoisotopic (exact) mass is 495 g/mol. The summed E-state index contributed by atoms with van der Waals surface area (Å²) in [6.07, 6.45) is 0. The Balaban J connectivity index is 1.49. The highest BCUT2D eigenvalue weighted by atomic mass is 79.9. The van der Waals surface area contributed by atoms with Gasteiger partial charge in [0, 0.05) is 22.3 Å². The number of halogens is 1. The van der Waals surface area contributed by atoms with E-state index in [4.69, 9.17) is 9.26 Å². The van der Waals surface area contributed by atoms with E-state index in [0.717, 1.165) is 10.1 Å². The molecule has 32 heavy (non-hydrogen) atoms. The summed E-state index contributed by atoms with van der Waals surface area (Å²) in [6, 6.07) is 14.8. The lowest BCUT2D eigenvalue weighted by Crippen LogP contribution is -2.16. The minimum absolute atomic E-state index is 0.179. The highest BCUT2D eigenvalue weighted by Gasteiger charge is 2.15. The average Bonchev–Trinajstić information content (AvgIpc) is 3.14. The minimum atomic E-state index is -0.605. The van der Waals surface area contributed by atoms with Gasteiger partial charge in [-0.1, -0.05) is 18.2 Å². The van der Waals surface area contributed by atoms with Gasteiger partial charge >= 0.3 is 5.97 Å². The van der Waals surface area contributed by atoms with E-state index in [0.29, 0.717) is 32.8 Å². The molecule has 1 amide bonds. The fourth-order valence-electron chi connectivity index (χ4n) is 3.09. The van der Waals surface area contributed by atoms with Crippen molar-refractivity contribution in [2.45, 2.75) is 20.5 Å². The molecule has 0 aliphatic carbocycles. The first-order valence-electron chi connectivity index (χ1n) is 9.65. The van der Waals surface area contributed by atoms with Crippen LogP contribution in [0, 0.1) is 13.8 Å². The number of carbonyl (C=O) groups excluding carboxylic acids is 2. The molecule has 4 rings (SSSR count). The highest BCUT2D eigenvalue weighted by Crippen LogP contribution is 2.21. The number of aromatic nitrogens is 2. The smallest absolute Gasteiger partial charge is 0.338 e. The van der Waals surface area contributed by atoms with Crippen molar-refractivity contribution >= 4 is 39.1 Å². The Bertz CT molecular complexity index is 1410. The van der Waals surface area contributed by atoms with E-state index in [1.807, 2.05) is 13.0 Å². The fraction of sp³-hybridized carbons (Fsp3) is 0.130. The van der Waals surface area contributed by atoms with Gasteiger partial charge in [0.05, 0.1) is 16.8 Å². The Hall–Kier alpha value is -3.72. The number of esters is 1. The quantitative estimate of drug-likeness (QED) is 0.414. The normalized spacial score (nSPS) is 10.8. The minimum Gasteiger partial charge on any atom is -0.456 e. The number of fused-ring (bicyclic) bond motifs is 1. The molecule has 1 N–H and O–H groups in total. The Morgan fingerprint density at radius 1 is 1.12 bits per heavy atom. The van der Waals surface area contributed by atoms with Gasteiger partial charge in [0.1, 0.15) is 12.4 Å². The van der Waals surface area contributed by atoms with E-state index in [1.165, 1.54) is 6.07 Å². The molecule has 0 saturated heterocycles. The molecule has 0 unspecified atom stereocenters. The van der Waals surface area contributed by atoms with Crippen molar-refractivity contribution in [1.82, 2.24) is 9.56 Å². The fourth-order valence-corrected chi connectivity index (χ4v) is 3.55. The van der Waals surface area contributed by atoms with Crippen molar-refractivity contribution in [1.29, 1.82) is 0 Å². The molecule has 0 atom stereocenters. The van der Waals surface area contributed by atoms with E-state index in [2.05, 4.69) is 26.2 Å². The third-order valence-electron chi connectivity index (χ3n) is 4.72. The summed E-state index contributed by atoms with van der Waals surface area (Å²) < 4.78 is 12.3. The Labute approximate surface area is 190 Å². The van der Waals surface area contributed by atoms with E-state index in [9.17, 15) is 14.4 Å². The van der Waals surface area contributed by atoms with Crippen molar-refractivity contribution in [2.75, 3.05) is 5.32 Å². The largest absolute Gasteiger partial charge is 0.456 e. The van der Waals surface area contributed by atoms with Crippen LogP contribution >= 0.6 is 15.9 Å². The van der Waals surface area contributed by atoms with Crippen LogP contribution in [0.2, 0.25) is 0 Å². The van der Waals surface area contributed by atoms with Gasteiger partial charge in [0.15, 0.2) is 5.65 Å². The van der Waals surface area contributed by atoms with Gasteiger partial charge in [0.25, 0.3) is 11.5 Å². The molecule has 8 nitrogen and oxygen atoms in total. The predicted octanol–water partition coefficient (Wildman–Crippen LogP) is 4.28. The lowest BCUT2D eigenvalue weighted by molar-refractivity contribution is 0.0467. The second-order valence-electron chi connectivity index (χ2n) is 7.12. The Morgan fingerprint density at radius 3 is 2.69 bits per heavy atom. The first kappa shape index (κ1) is 21.5. The lowest BCUT2D eigenvalue weighted by Gasteiger charge is -2.11. The van der Waals surface area contributed by atoms with Crippen LogP contribution in [0.3, 0.4) is 0 Å². The SMILES string of the molecule is Cc1cc2nc(COC(=O)c3ccc(C)c(NC(=O)c4ccccc4Br)c3)cc(=O)n2o1. The summed E-state index contributed by atoms with van der Waals surface area (Å²) in [4.78, 5) is 41.6. The third kappa shape index (κ3) is 4.47. The van der Waals surface area contributed by atoms with Gasteiger partial charge in [-0.05, 0) is 59.6 Å². The van der Waals surface area contributed by atoms with Crippen molar-refractivity contribution in [3.05, 3.63) is 97.6 Å². The van der Waals surface area contributed by atoms with Crippen LogP contribution < -0.4 is 10.9 Å². The number of aryl methyl sites for hydroxylation is 2. The van der Waals surface area contributed by atoms with Crippen molar-refractivity contribution in [3.8, 4) is 0 Å². The Kier molecular flexibility index (Phi) is 5.91. The molecular formula is C23H18BrN3O5. The number of nitrogens with zero attached hydrogens (tertiary/aromatic N) is 2. The number of rotatable bonds is 5. The van der Waals surface area contributed by atoms with Gasteiger partial charge in [-0.15, -0.1) is 4.57 Å². The van der Waals surface area contributed by atoms with Crippen LogP contribution in [0.15, 0.2) is 68.4 Å². The first-order chi connectivity index (χ1) is 15.3. The molecule has 9 heteroatoms. The number of nitrogens with one attached hydrogen (secondary N) is 1. The molecule has 4 aromatic rings. The molecule has 2 heterocycles. The van der Waals surface area contributed by atoms with E-state index < -0.39 is 11.5 Å². The Morgan fingerprint density at radius 2 is 1.91 bits per heavy atom. The highest BCUT2D eigenvalue weighted by molar-refractivity contribution is 9.10. The van der Waals surface area contributed by atoms with E-state index >= 15 is 0 Å². The summed E-state index contributed by atoms with van der Waals surface area (Å²) in [5.74, 6) is -0.369. The number of benzene rings is 2. The molecule has 0 aliphatic heterocycles. The van der Waals surface area contributed by atoms with Crippen LogP contribution in [0.4, 0.5) is 5.69 Å². The molecule has 2 aromatic heterocycles. The zero-order valence-corrected chi connectivity index (χ0v) is 18.8. The molecule has 0 aliphatic rings. The van der Waals surface area contributed by atoms with Crippen molar-refractivity contribution in [2.24, 2.45) is 0 Å². The number of ether oxygens (including phenoxy) is 1. The van der Waals surface area contributed by atoms with Gasteiger partial charge < -0.3 is 14.6 Å². The maximum atomic E-state index is 12.6. The number of hydrogen-bond acceptors (Lipinski definition) is 6. The van der Waals surface area contributed by atoms with Crippen molar-refractivity contribution in [3.63, 3.8) is 0 Å². The average molecular weight is 496 g/mol. The maximum Gasteiger partial charge on any atom is 0.338 e. The van der Waals surface area contributed by atoms with Gasteiger partial charge in [-0.2, -0.15) is 0 Å². The van der Waals surface area contributed by atoms with Crippen LogP contribution in [-0.2, 0) is 11.3 Å². The van der Waals surface area contributed by atoms with Crippen LogP contribution in [0.1, 0.15) is 37.7 Å². The maximum absolute atomic E-state index is 12.6. The summed E-state index contributed by atoms with van der Waals surface area (Å²) in [5.41, 5.74) is 2.26. The van der Waals surface area contributed by atoms with Crippen LogP contribution in [0.25, 0.3) is 5.65 Å². The van der Waals surface area contributed by atoms with Crippen LogP contribution in [0.5, 0.6) is 0 Å². The molecule has 0 fully saturated rings. The third-order valence-corrected chi connectivity index (χ3v) is 5.41. The number of amides is 1. The number of carbonyl (C=O) groups is 2.